The van der Waals surface area contributed by atoms with E-state index in [1.165, 1.54) is 22.6 Å². The zero-order chi connectivity index (χ0) is 12.3. The molecule has 94 valence electrons. The predicted molar refractivity (Wildman–Crippen MR) is 70.5 cm³/mol. The molecular weight excluding hydrogens is 232 g/mol. The van der Waals surface area contributed by atoms with Crippen molar-refractivity contribution in [3.63, 3.8) is 0 Å². The molecule has 1 aromatic heterocycles. The van der Waals surface area contributed by atoms with Crippen molar-refractivity contribution in [1.82, 2.24) is 0 Å². The number of hydrogen-bond donors (Lipinski definition) is 1. The van der Waals surface area contributed by atoms with Gasteiger partial charge in [-0.3, -0.25) is 4.79 Å². The van der Waals surface area contributed by atoms with E-state index in [1.807, 2.05) is 11.3 Å². The van der Waals surface area contributed by atoms with Crippen LogP contribution in [0, 0.1) is 12.3 Å². The lowest BCUT2D eigenvalue weighted by Gasteiger charge is -2.26. The average Bonchev–Trinajstić information content (AvgIpc) is 2.85. The molecule has 1 N–H and O–H groups in total. The Balaban J connectivity index is 1.96. The summed E-state index contributed by atoms with van der Waals surface area (Å²) in [6.07, 6.45) is 7.06. The summed E-state index contributed by atoms with van der Waals surface area (Å²) < 4.78 is 0. The van der Waals surface area contributed by atoms with Crippen LogP contribution < -0.4 is 0 Å². The number of hydrogen-bond acceptors (Lipinski definition) is 2. The topological polar surface area (TPSA) is 37.3 Å². The van der Waals surface area contributed by atoms with Crippen LogP contribution in [0.2, 0.25) is 0 Å². The first-order valence-corrected chi connectivity index (χ1v) is 7.18. The minimum atomic E-state index is -0.630. The summed E-state index contributed by atoms with van der Waals surface area (Å²) in [6.45, 7) is 2.12. The number of aliphatic carboxylic acids is 1. The first-order chi connectivity index (χ1) is 8.10. The third kappa shape index (κ3) is 3.32. The van der Waals surface area contributed by atoms with Crippen LogP contribution in [0.1, 0.15) is 48.3 Å². The molecule has 0 aromatic carbocycles. The predicted octanol–water partition coefficient (Wildman–Crippen LogP) is 4.02. The Bertz CT molecular complexity index is 389. The van der Waals surface area contributed by atoms with E-state index in [0.717, 1.165) is 25.7 Å². The molecule has 0 spiro atoms. The van der Waals surface area contributed by atoms with Crippen LogP contribution in [0.5, 0.6) is 0 Å². The first-order valence-electron chi connectivity index (χ1n) is 6.37. The van der Waals surface area contributed by atoms with Gasteiger partial charge in [0.05, 0.1) is 6.42 Å². The molecule has 3 heteroatoms. The quantitative estimate of drug-likeness (QED) is 0.859. The third-order valence-electron chi connectivity index (χ3n) is 3.89. The minimum Gasteiger partial charge on any atom is -0.481 e. The van der Waals surface area contributed by atoms with E-state index in [1.54, 1.807) is 0 Å². The first kappa shape index (κ1) is 12.6. The summed E-state index contributed by atoms with van der Waals surface area (Å²) in [5, 5.41) is 9.04. The Morgan fingerprint density at radius 3 is 2.65 bits per heavy atom. The molecule has 1 fully saturated rings. The van der Waals surface area contributed by atoms with Crippen molar-refractivity contribution in [3.8, 4) is 0 Å². The van der Waals surface area contributed by atoms with E-state index in [9.17, 15) is 4.79 Å². The maximum absolute atomic E-state index is 11.0. The van der Waals surface area contributed by atoms with Gasteiger partial charge in [0, 0.05) is 9.75 Å². The van der Waals surface area contributed by atoms with E-state index >= 15 is 0 Å². The summed E-state index contributed by atoms with van der Waals surface area (Å²) in [7, 11) is 0. The molecule has 1 heterocycles. The molecule has 0 saturated heterocycles. The van der Waals surface area contributed by atoms with Crippen LogP contribution in [-0.4, -0.2) is 11.1 Å². The van der Waals surface area contributed by atoms with Gasteiger partial charge in [0.2, 0.25) is 0 Å². The molecule has 1 saturated carbocycles. The van der Waals surface area contributed by atoms with Gasteiger partial charge in [0.15, 0.2) is 0 Å². The fourth-order valence-electron chi connectivity index (χ4n) is 2.97. The second-order valence-corrected chi connectivity index (χ2v) is 6.66. The van der Waals surface area contributed by atoms with Crippen LogP contribution in [0.15, 0.2) is 12.1 Å². The highest BCUT2D eigenvalue weighted by Crippen LogP contribution is 2.45. The Hall–Kier alpha value is -0.830. The van der Waals surface area contributed by atoms with Crippen molar-refractivity contribution in [1.29, 1.82) is 0 Å². The van der Waals surface area contributed by atoms with E-state index in [4.69, 9.17) is 5.11 Å². The van der Waals surface area contributed by atoms with E-state index in [2.05, 4.69) is 19.1 Å². The second-order valence-electron chi connectivity index (χ2n) is 5.29. The largest absolute Gasteiger partial charge is 0.481 e. The number of carboxylic acid groups (broad SMARTS) is 1. The smallest absolute Gasteiger partial charge is 0.303 e. The van der Waals surface area contributed by atoms with Crippen LogP contribution in [0.25, 0.3) is 0 Å². The molecule has 2 nitrogen and oxygen atoms in total. The van der Waals surface area contributed by atoms with E-state index in [0.29, 0.717) is 6.42 Å². The lowest BCUT2D eigenvalue weighted by molar-refractivity contribution is -0.139. The zero-order valence-corrected chi connectivity index (χ0v) is 11.2. The lowest BCUT2D eigenvalue weighted by atomic mass is 9.78. The highest BCUT2D eigenvalue weighted by molar-refractivity contribution is 7.11. The molecule has 1 aromatic rings. The van der Waals surface area contributed by atoms with Crippen molar-refractivity contribution in [2.24, 2.45) is 5.41 Å². The fraction of sp³-hybridized carbons (Fsp3) is 0.643. The summed E-state index contributed by atoms with van der Waals surface area (Å²) in [4.78, 5) is 13.7. The maximum Gasteiger partial charge on any atom is 0.303 e. The van der Waals surface area contributed by atoms with Gasteiger partial charge in [-0.25, -0.2) is 0 Å². The van der Waals surface area contributed by atoms with Crippen LogP contribution in [0.3, 0.4) is 0 Å². The number of rotatable bonds is 5. The number of aryl methyl sites for hydroxylation is 2. The monoisotopic (exact) mass is 252 g/mol. The van der Waals surface area contributed by atoms with Crippen molar-refractivity contribution in [3.05, 3.63) is 21.9 Å². The average molecular weight is 252 g/mol. The van der Waals surface area contributed by atoms with Gasteiger partial charge in [-0.2, -0.15) is 0 Å². The molecular formula is C14H20O2S. The summed E-state index contributed by atoms with van der Waals surface area (Å²) in [5.74, 6) is -0.630. The molecule has 0 unspecified atom stereocenters. The van der Waals surface area contributed by atoms with E-state index in [-0.39, 0.29) is 5.41 Å². The van der Waals surface area contributed by atoms with Gasteiger partial charge in [-0.1, -0.05) is 12.8 Å². The second kappa shape index (κ2) is 5.21. The molecule has 0 aliphatic heterocycles. The molecule has 0 amide bonds. The van der Waals surface area contributed by atoms with Crippen molar-refractivity contribution < 1.29 is 9.90 Å². The fourth-order valence-corrected chi connectivity index (χ4v) is 3.86. The third-order valence-corrected chi connectivity index (χ3v) is 4.95. The highest BCUT2D eigenvalue weighted by Gasteiger charge is 2.35. The van der Waals surface area contributed by atoms with E-state index < -0.39 is 5.97 Å². The SMILES string of the molecule is Cc1ccc(CCC2(CC(=O)O)CCCC2)s1. The van der Waals surface area contributed by atoms with Gasteiger partial charge >= 0.3 is 5.97 Å². The molecule has 1 aliphatic carbocycles. The van der Waals surface area contributed by atoms with Gasteiger partial charge < -0.3 is 5.11 Å². The molecule has 17 heavy (non-hydrogen) atoms. The molecule has 0 bridgehead atoms. The molecule has 2 rings (SSSR count). The standard InChI is InChI=1S/C14H20O2S/c1-11-4-5-12(17-11)6-9-14(10-13(15)16)7-2-3-8-14/h4-5H,2-3,6-10H2,1H3,(H,15,16). The summed E-state index contributed by atoms with van der Waals surface area (Å²) in [5.41, 5.74) is 0.0870. The minimum absolute atomic E-state index is 0.0870. The van der Waals surface area contributed by atoms with Gasteiger partial charge in [0.25, 0.3) is 0 Å². The lowest BCUT2D eigenvalue weighted by Crippen LogP contribution is -2.21. The summed E-state index contributed by atoms with van der Waals surface area (Å²) in [6, 6.07) is 4.34. The normalized spacial score (nSPS) is 18.4. The van der Waals surface area contributed by atoms with Gasteiger partial charge in [0.1, 0.15) is 0 Å². The zero-order valence-electron chi connectivity index (χ0n) is 10.4. The van der Waals surface area contributed by atoms with Crippen LogP contribution in [0.4, 0.5) is 0 Å². The van der Waals surface area contributed by atoms with Crippen molar-refractivity contribution in [2.45, 2.75) is 51.9 Å². The molecule has 0 atom stereocenters. The van der Waals surface area contributed by atoms with Crippen molar-refractivity contribution in [2.75, 3.05) is 0 Å². The number of carbonyl (C=O) groups is 1. The van der Waals surface area contributed by atoms with Crippen LogP contribution >= 0.6 is 11.3 Å². The number of carboxylic acids is 1. The van der Waals surface area contributed by atoms with Crippen molar-refractivity contribution >= 4 is 17.3 Å². The maximum atomic E-state index is 11.0. The number of thiophene rings is 1. The highest BCUT2D eigenvalue weighted by atomic mass is 32.1. The van der Waals surface area contributed by atoms with Gasteiger partial charge in [-0.05, 0) is 50.2 Å². The Labute approximate surface area is 107 Å². The van der Waals surface area contributed by atoms with Gasteiger partial charge in [-0.15, -0.1) is 11.3 Å². The Morgan fingerprint density at radius 1 is 1.41 bits per heavy atom. The summed E-state index contributed by atoms with van der Waals surface area (Å²) >= 11 is 1.84. The van der Waals surface area contributed by atoms with Crippen LogP contribution in [-0.2, 0) is 11.2 Å². The Morgan fingerprint density at radius 2 is 2.12 bits per heavy atom. The molecule has 0 radical (unpaired) electrons. The Kier molecular flexibility index (Phi) is 3.87. The molecule has 1 aliphatic rings.